The highest BCUT2D eigenvalue weighted by Gasteiger charge is 2.15. The van der Waals surface area contributed by atoms with E-state index in [0.717, 1.165) is 11.1 Å². The van der Waals surface area contributed by atoms with Crippen molar-refractivity contribution in [2.75, 3.05) is 5.75 Å². The molecule has 146 valence electrons. The molecule has 29 heavy (non-hydrogen) atoms. The lowest BCUT2D eigenvalue weighted by molar-refractivity contribution is 0.485. The minimum atomic E-state index is -3.78. The van der Waals surface area contributed by atoms with Crippen LogP contribution < -0.4 is 9.61 Å². The van der Waals surface area contributed by atoms with Crippen LogP contribution in [0.4, 0.5) is 0 Å². The molecule has 0 aliphatic rings. The maximum atomic E-state index is 12.8. The van der Waals surface area contributed by atoms with Gasteiger partial charge < -0.3 is 8.60 Å². The molecule has 0 aliphatic carbocycles. The van der Waals surface area contributed by atoms with Crippen molar-refractivity contribution in [3.63, 3.8) is 0 Å². The topological polar surface area (TPSA) is 73.6 Å². The van der Waals surface area contributed by atoms with Crippen molar-refractivity contribution < 1.29 is 17.0 Å². The lowest BCUT2D eigenvalue weighted by atomic mass is 10.1. The first kappa shape index (κ1) is 19.0. The monoisotopic (exact) mass is 406 g/mol. The van der Waals surface area contributed by atoms with Gasteiger partial charge in [0.25, 0.3) is 0 Å². The molecule has 0 fully saturated rings. The Kier molecular flexibility index (Phi) is 5.18. The molecular weight excluding hydrogens is 388 g/mol. The van der Waals surface area contributed by atoms with E-state index in [4.69, 9.17) is 8.60 Å². The summed E-state index contributed by atoms with van der Waals surface area (Å²) in [6.45, 7) is 0. The van der Waals surface area contributed by atoms with Crippen LogP contribution in [-0.2, 0) is 16.5 Å². The Bertz CT molecular complexity index is 1290. The summed E-state index contributed by atoms with van der Waals surface area (Å²) in [5.74, 6) is -0.0347. The minimum absolute atomic E-state index is 0.112. The Hall–Kier alpha value is -3.38. The molecule has 0 unspecified atom stereocenters. The number of aryl methyl sites for hydroxylation is 1. The van der Waals surface area contributed by atoms with E-state index in [9.17, 15) is 13.2 Å². The number of benzene rings is 3. The number of fused-ring (bicyclic) bond motifs is 1. The van der Waals surface area contributed by atoms with Gasteiger partial charge >= 0.3 is 10.1 Å². The molecule has 3 aromatic carbocycles. The average Bonchev–Trinajstić information content (AvgIpc) is 2.74. The van der Waals surface area contributed by atoms with Crippen LogP contribution in [-0.4, -0.2) is 14.2 Å². The molecule has 1 aromatic heterocycles. The van der Waals surface area contributed by atoms with E-state index in [0.29, 0.717) is 17.4 Å². The number of rotatable bonds is 6. The first-order chi connectivity index (χ1) is 14.0. The average molecular weight is 406 g/mol. The van der Waals surface area contributed by atoms with E-state index >= 15 is 0 Å². The van der Waals surface area contributed by atoms with Crippen LogP contribution in [0.15, 0.2) is 94.3 Å². The second-order valence-electron chi connectivity index (χ2n) is 6.58. The molecule has 6 heteroatoms. The largest absolute Gasteiger partial charge is 0.463 e. The van der Waals surface area contributed by atoms with Crippen molar-refractivity contribution in [2.24, 2.45) is 0 Å². The minimum Gasteiger partial charge on any atom is -0.463 e. The second-order valence-corrected chi connectivity index (χ2v) is 8.27. The third kappa shape index (κ3) is 4.38. The smallest absolute Gasteiger partial charge is 0.309 e. The molecule has 0 N–H and O–H groups in total. The molecule has 0 amide bonds. The zero-order chi connectivity index (χ0) is 20.3. The third-order valence-electron chi connectivity index (χ3n) is 4.54. The predicted molar refractivity (Wildman–Crippen MR) is 112 cm³/mol. The molecule has 0 spiro atoms. The van der Waals surface area contributed by atoms with Gasteiger partial charge in [-0.15, -0.1) is 0 Å². The van der Waals surface area contributed by atoms with Crippen molar-refractivity contribution in [1.29, 1.82) is 0 Å². The van der Waals surface area contributed by atoms with Gasteiger partial charge in [-0.3, -0.25) is 4.79 Å². The first-order valence-corrected chi connectivity index (χ1v) is 10.7. The third-order valence-corrected chi connectivity index (χ3v) is 5.69. The molecule has 0 atom stereocenters. The summed E-state index contributed by atoms with van der Waals surface area (Å²) in [4.78, 5) is 12.8. The highest BCUT2D eigenvalue weighted by Crippen LogP contribution is 2.24. The van der Waals surface area contributed by atoms with Gasteiger partial charge in [-0.1, -0.05) is 60.7 Å². The van der Waals surface area contributed by atoms with E-state index in [1.54, 1.807) is 0 Å². The second kappa shape index (κ2) is 7.93. The van der Waals surface area contributed by atoms with E-state index < -0.39 is 10.1 Å². The Labute approximate surface area is 168 Å². The van der Waals surface area contributed by atoms with Gasteiger partial charge in [-0.05, 0) is 29.7 Å². The molecule has 4 aromatic rings. The van der Waals surface area contributed by atoms with Gasteiger partial charge in [0.15, 0.2) is 5.43 Å². The first-order valence-electron chi connectivity index (χ1n) is 9.09. The summed E-state index contributed by atoms with van der Waals surface area (Å²) in [5, 5.41) is 0.361. The molecule has 0 radical (unpaired) electrons. The van der Waals surface area contributed by atoms with E-state index in [-0.39, 0.29) is 22.5 Å². The van der Waals surface area contributed by atoms with Gasteiger partial charge in [0.1, 0.15) is 17.6 Å². The molecule has 0 saturated carbocycles. The standard InChI is InChI=1S/C23H18O5S/c24-23-20-12-11-19(28-29(25,26)14-13-17-7-3-1-4-8-17)15-22(20)27-16-21(23)18-9-5-2-6-10-18/h1-12,15-16H,13-14H2. The Morgan fingerprint density at radius 2 is 1.55 bits per heavy atom. The zero-order valence-corrected chi connectivity index (χ0v) is 16.3. The van der Waals surface area contributed by atoms with Crippen molar-refractivity contribution in [2.45, 2.75) is 6.42 Å². The molecule has 4 rings (SSSR count). The summed E-state index contributed by atoms with van der Waals surface area (Å²) < 4.78 is 35.4. The zero-order valence-electron chi connectivity index (χ0n) is 15.4. The van der Waals surface area contributed by atoms with E-state index in [1.165, 1.54) is 24.5 Å². The summed E-state index contributed by atoms with van der Waals surface area (Å²) in [5.41, 5.74) is 2.20. The fourth-order valence-electron chi connectivity index (χ4n) is 3.05. The Balaban J connectivity index is 1.57. The summed E-state index contributed by atoms with van der Waals surface area (Å²) >= 11 is 0. The molecule has 0 bridgehead atoms. The maximum absolute atomic E-state index is 12.8. The molecular formula is C23H18O5S. The fourth-order valence-corrected chi connectivity index (χ4v) is 4.02. The molecule has 0 aliphatic heterocycles. The SMILES string of the molecule is O=c1c(-c2ccccc2)coc2cc(OS(=O)(=O)CCc3ccccc3)ccc12. The highest BCUT2D eigenvalue weighted by atomic mass is 32.2. The molecule has 0 saturated heterocycles. The van der Waals surface area contributed by atoms with Crippen LogP contribution in [0, 0.1) is 0 Å². The van der Waals surface area contributed by atoms with Crippen molar-refractivity contribution in [3.8, 4) is 16.9 Å². The predicted octanol–water partition coefficient (Wildman–Crippen LogP) is 4.41. The van der Waals surface area contributed by atoms with Crippen molar-refractivity contribution in [3.05, 3.63) is 101 Å². The quantitative estimate of drug-likeness (QED) is 0.444. The normalized spacial score (nSPS) is 11.4. The lowest BCUT2D eigenvalue weighted by Crippen LogP contribution is -2.15. The van der Waals surface area contributed by atoms with Gasteiger partial charge in [-0.25, -0.2) is 0 Å². The van der Waals surface area contributed by atoms with Gasteiger partial charge in [0.2, 0.25) is 0 Å². The van der Waals surface area contributed by atoms with Crippen LogP contribution in [0.3, 0.4) is 0 Å². The van der Waals surface area contributed by atoms with Crippen LogP contribution in [0.2, 0.25) is 0 Å². The van der Waals surface area contributed by atoms with Crippen LogP contribution in [0.1, 0.15) is 5.56 Å². The highest BCUT2D eigenvalue weighted by molar-refractivity contribution is 7.87. The van der Waals surface area contributed by atoms with E-state index in [2.05, 4.69) is 0 Å². The maximum Gasteiger partial charge on any atom is 0.309 e. The number of hydrogen-bond donors (Lipinski definition) is 0. The Morgan fingerprint density at radius 3 is 2.28 bits per heavy atom. The summed E-state index contributed by atoms with van der Waals surface area (Å²) in [6.07, 6.45) is 1.74. The fraction of sp³-hybridized carbons (Fsp3) is 0.0870. The van der Waals surface area contributed by atoms with Crippen LogP contribution in [0.5, 0.6) is 5.75 Å². The van der Waals surface area contributed by atoms with Crippen LogP contribution >= 0.6 is 0 Å². The van der Waals surface area contributed by atoms with Gasteiger partial charge in [0, 0.05) is 6.07 Å². The van der Waals surface area contributed by atoms with E-state index in [1.807, 2.05) is 60.7 Å². The molecule has 1 heterocycles. The van der Waals surface area contributed by atoms with Gasteiger partial charge in [-0.2, -0.15) is 8.42 Å². The molecule has 5 nitrogen and oxygen atoms in total. The number of hydrogen-bond acceptors (Lipinski definition) is 5. The van der Waals surface area contributed by atoms with Gasteiger partial charge in [0.05, 0.1) is 16.7 Å². The van der Waals surface area contributed by atoms with Crippen LogP contribution in [0.25, 0.3) is 22.1 Å². The van der Waals surface area contributed by atoms with Crippen molar-refractivity contribution in [1.82, 2.24) is 0 Å². The van der Waals surface area contributed by atoms with Crippen molar-refractivity contribution >= 4 is 21.1 Å². The summed E-state index contributed by atoms with van der Waals surface area (Å²) in [7, 11) is -3.78. The lowest BCUT2D eigenvalue weighted by Gasteiger charge is -2.08. The Morgan fingerprint density at radius 1 is 0.862 bits per heavy atom. The summed E-state index contributed by atoms with van der Waals surface area (Å²) in [6, 6.07) is 22.9.